The van der Waals surface area contributed by atoms with Gasteiger partial charge in [0.25, 0.3) is 0 Å². The lowest BCUT2D eigenvalue weighted by Gasteiger charge is -1.92. The molecule has 2 heteroatoms. The highest BCUT2D eigenvalue weighted by Crippen LogP contribution is 2.00. The second-order valence-electron chi connectivity index (χ2n) is 2.52. The van der Waals surface area contributed by atoms with E-state index < -0.39 is 5.97 Å². The highest BCUT2D eigenvalue weighted by molar-refractivity contribution is 5.66. The summed E-state index contributed by atoms with van der Waals surface area (Å²) in [6.45, 7) is 2.09. The van der Waals surface area contributed by atoms with Crippen LogP contribution < -0.4 is 0 Å². The Morgan fingerprint density at radius 3 is 2.64 bits per heavy atom. The Bertz CT molecular complexity index is 128. The number of allylic oxidation sites excluding steroid dienone is 2. The van der Waals surface area contributed by atoms with Gasteiger partial charge < -0.3 is 5.11 Å². The molecular weight excluding hydrogens is 140 g/mol. The van der Waals surface area contributed by atoms with Crippen LogP contribution in [0, 0.1) is 0 Å². The van der Waals surface area contributed by atoms with Gasteiger partial charge in [0.15, 0.2) is 0 Å². The molecule has 2 nitrogen and oxygen atoms in total. The van der Waals surface area contributed by atoms with E-state index >= 15 is 0 Å². The van der Waals surface area contributed by atoms with E-state index in [2.05, 4.69) is 19.1 Å². The number of unbranched alkanes of at least 4 members (excludes halogenated alkanes) is 2. The number of carboxylic acids is 1. The average Bonchev–Trinajstić information content (AvgIpc) is 1.96. The minimum Gasteiger partial charge on any atom is -0.481 e. The van der Waals surface area contributed by atoms with Crippen LogP contribution in [0.4, 0.5) is 0 Å². The van der Waals surface area contributed by atoms with Crippen LogP contribution in [0.2, 0.25) is 0 Å². The van der Waals surface area contributed by atoms with Crippen molar-refractivity contribution in [3.05, 3.63) is 12.2 Å². The third kappa shape index (κ3) is 9.21. The molecule has 0 heterocycles. The van der Waals surface area contributed by atoms with Gasteiger partial charge in [0, 0.05) is 6.42 Å². The van der Waals surface area contributed by atoms with E-state index in [-0.39, 0.29) is 0 Å². The van der Waals surface area contributed by atoms with Gasteiger partial charge >= 0.3 is 5.97 Å². The molecule has 1 N–H and O–H groups in total. The zero-order valence-corrected chi connectivity index (χ0v) is 7.05. The van der Waals surface area contributed by atoms with Crippen molar-refractivity contribution in [2.75, 3.05) is 0 Å². The number of carbonyl (C=O) groups is 1. The van der Waals surface area contributed by atoms with Gasteiger partial charge in [-0.3, -0.25) is 4.79 Å². The molecule has 11 heavy (non-hydrogen) atoms. The zero-order chi connectivity index (χ0) is 8.53. The van der Waals surface area contributed by atoms with Crippen LogP contribution >= 0.6 is 0 Å². The third-order valence-electron chi connectivity index (χ3n) is 1.41. The maximum Gasteiger partial charge on any atom is 0.303 e. The fourth-order valence-electron chi connectivity index (χ4n) is 0.823. The molecule has 0 aromatic carbocycles. The van der Waals surface area contributed by atoms with Crippen molar-refractivity contribution < 1.29 is 9.90 Å². The molecule has 0 unspecified atom stereocenters. The van der Waals surface area contributed by atoms with Gasteiger partial charge in [0.05, 0.1) is 0 Å². The predicted octanol–water partition coefficient (Wildman–Crippen LogP) is 2.60. The van der Waals surface area contributed by atoms with Crippen LogP contribution in [-0.4, -0.2) is 11.1 Å². The standard InChI is InChI=1S/C9H16O2/c1-2-3-4-5-6-7-8-9(10)11/h3-4H,2,5-8H2,1H3,(H,10,11)/b4-3-. The van der Waals surface area contributed by atoms with Crippen molar-refractivity contribution in [1.29, 1.82) is 0 Å². The van der Waals surface area contributed by atoms with Gasteiger partial charge in [0.1, 0.15) is 0 Å². The van der Waals surface area contributed by atoms with Crippen molar-refractivity contribution in [2.45, 2.75) is 39.0 Å². The smallest absolute Gasteiger partial charge is 0.303 e. The van der Waals surface area contributed by atoms with Crippen LogP contribution in [0.1, 0.15) is 39.0 Å². The number of hydrogen-bond donors (Lipinski definition) is 1. The lowest BCUT2D eigenvalue weighted by atomic mass is 10.2. The van der Waals surface area contributed by atoms with E-state index in [1.54, 1.807) is 0 Å². The van der Waals surface area contributed by atoms with Gasteiger partial charge in [-0.05, 0) is 25.7 Å². The SMILES string of the molecule is CC/C=C\CCCCC(=O)O. The molecule has 0 fully saturated rings. The second kappa shape index (κ2) is 7.32. The minimum absolute atomic E-state index is 0.306. The van der Waals surface area contributed by atoms with E-state index in [1.807, 2.05) is 0 Å². The monoisotopic (exact) mass is 156 g/mol. The summed E-state index contributed by atoms with van der Waals surface area (Å²) in [5.41, 5.74) is 0. The number of hydrogen-bond acceptors (Lipinski definition) is 1. The number of carboxylic acid groups (broad SMARTS) is 1. The van der Waals surface area contributed by atoms with Crippen LogP contribution in [0.25, 0.3) is 0 Å². The molecule has 0 aliphatic carbocycles. The molecule has 0 aromatic heterocycles. The van der Waals surface area contributed by atoms with Gasteiger partial charge in [-0.15, -0.1) is 0 Å². The van der Waals surface area contributed by atoms with E-state index in [0.717, 1.165) is 25.7 Å². The molecule has 0 saturated carbocycles. The van der Waals surface area contributed by atoms with Crippen LogP contribution in [0.15, 0.2) is 12.2 Å². The Morgan fingerprint density at radius 1 is 1.36 bits per heavy atom. The summed E-state index contributed by atoms with van der Waals surface area (Å²) in [6, 6.07) is 0. The van der Waals surface area contributed by atoms with E-state index in [0.29, 0.717) is 6.42 Å². The highest BCUT2D eigenvalue weighted by atomic mass is 16.4. The Labute approximate surface area is 67.9 Å². The van der Waals surface area contributed by atoms with Gasteiger partial charge in [-0.1, -0.05) is 19.1 Å². The topological polar surface area (TPSA) is 37.3 Å². The molecule has 0 aliphatic rings. The Hall–Kier alpha value is -0.790. The molecule has 0 spiro atoms. The maximum atomic E-state index is 10.1. The first-order valence-corrected chi connectivity index (χ1v) is 4.14. The third-order valence-corrected chi connectivity index (χ3v) is 1.41. The summed E-state index contributed by atoms with van der Waals surface area (Å²) in [7, 11) is 0. The van der Waals surface area contributed by atoms with Gasteiger partial charge in [-0.2, -0.15) is 0 Å². The normalized spacial score (nSPS) is 10.6. The first kappa shape index (κ1) is 10.2. The predicted molar refractivity (Wildman–Crippen MR) is 45.5 cm³/mol. The fourth-order valence-corrected chi connectivity index (χ4v) is 0.823. The molecular formula is C9H16O2. The molecule has 0 aliphatic heterocycles. The molecule has 0 aromatic rings. The van der Waals surface area contributed by atoms with Crippen molar-refractivity contribution in [3.63, 3.8) is 0 Å². The van der Waals surface area contributed by atoms with Crippen molar-refractivity contribution >= 4 is 5.97 Å². The summed E-state index contributed by atoms with van der Waals surface area (Å²) >= 11 is 0. The second-order valence-corrected chi connectivity index (χ2v) is 2.52. The average molecular weight is 156 g/mol. The van der Waals surface area contributed by atoms with E-state index in [1.165, 1.54) is 0 Å². The molecule has 0 rings (SSSR count). The zero-order valence-electron chi connectivity index (χ0n) is 7.05. The summed E-state index contributed by atoms with van der Waals surface area (Å²) in [5, 5.41) is 8.30. The van der Waals surface area contributed by atoms with Crippen molar-refractivity contribution in [3.8, 4) is 0 Å². The number of rotatable bonds is 6. The quantitative estimate of drug-likeness (QED) is 0.474. The van der Waals surface area contributed by atoms with E-state index in [4.69, 9.17) is 5.11 Å². The maximum absolute atomic E-state index is 10.1. The first-order chi connectivity index (χ1) is 5.27. The van der Waals surface area contributed by atoms with Crippen LogP contribution in [-0.2, 0) is 4.79 Å². The van der Waals surface area contributed by atoms with Gasteiger partial charge in [0.2, 0.25) is 0 Å². The lowest BCUT2D eigenvalue weighted by Crippen LogP contribution is -1.92. The Morgan fingerprint density at radius 2 is 2.09 bits per heavy atom. The molecule has 64 valence electrons. The van der Waals surface area contributed by atoms with Gasteiger partial charge in [-0.25, -0.2) is 0 Å². The molecule has 0 bridgehead atoms. The minimum atomic E-state index is -0.690. The van der Waals surface area contributed by atoms with Crippen molar-refractivity contribution in [2.24, 2.45) is 0 Å². The Kier molecular flexibility index (Phi) is 6.79. The van der Waals surface area contributed by atoms with E-state index in [9.17, 15) is 4.79 Å². The highest BCUT2D eigenvalue weighted by Gasteiger charge is 1.93. The molecule has 0 radical (unpaired) electrons. The molecule has 0 saturated heterocycles. The summed E-state index contributed by atoms with van der Waals surface area (Å²) in [4.78, 5) is 10.1. The Balaban J connectivity index is 3.02. The summed E-state index contributed by atoms with van der Waals surface area (Å²) in [6.07, 6.45) is 8.40. The first-order valence-electron chi connectivity index (χ1n) is 4.14. The largest absolute Gasteiger partial charge is 0.481 e. The summed E-state index contributed by atoms with van der Waals surface area (Å²) < 4.78 is 0. The molecule has 0 amide bonds. The summed E-state index contributed by atoms with van der Waals surface area (Å²) in [5.74, 6) is -0.690. The lowest BCUT2D eigenvalue weighted by molar-refractivity contribution is -0.137. The van der Waals surface area contributed by atoms with Crippen molar-refractivity contribution in [1.82, 2.24) is 0 Å². The molecule has 0 atom stereocenters. The van der Waals surface area contributed by atoms with Crippen LogP contribution in [0.3, 0.4) is 0 Å². The fraction of sp³-hybridized carbons (Fsp3) is 0.667. The number of aliphatic carboxylic acids is 1. The van der Waals surface area contributed by atoms with Crippen LogP contribution in [0.5, 0.6) is 0 Å².